The Morgan fingerprint density at radius 3 is 2.05 bits per heavy atom. The smallest absolute Gasteiger partial charge is 0.254 e. The second kappa shape index (κ2) is 11.1. The highest BCUT2D eigenvalue weighted by Gasteiger charge is 2.33. The maximum Gasteiger partial charge on any atom is 0.254 e. The van der Waals surface area contributed by atoms with Crippen LogP contribution >= 0.6 is 0 Å². The predicted octanol–water partition coefficient (Wildman–Crippen LogP) is 6.32. The molecule has 0 atom stereocenters. The molecule has 3 aromatic carbocycles. The Labute approximate surface area is 221 Å². The molecular formula is C33H39N3O. The van der Waals surface area contributed by atoms with E-state index in [4.69, 9.17) is 0 Å². The maximum absolute atomic E-state index is 13.1. The number of amides is 1. The Kier molecular flexibility index (Phi) is 7.27. The monoisotopic (exact) mass is 493 g/mol. The summed E-state index contributed by atoms with van der Waals surface area (Å²) >= 11 is 0. The molecule has 0 bridgehead atoms. The predicted molar refractivity (Wildman–Crippen MR) is 151 cm³/mol. The van der Waals surface area contributed by atoms with Crippen LogP contribution in [0.15, 0.2) is 78.9 Å². The summed E-state index contributed by atoms with van der Waals surface area (Å²) in [5.41, 5.74) is 6.25. The second-order valence-electron chi connectivity index (χ2n) is 11.1. The van der Waals surface area contributed by atoms with E-state index in [-0.39, 0.29) is 5.91 Å². The molecule has 2 fully saturated rings. The molecule has 4 heteroatoms. The molecule has 0 unspecified atom stereocenters. The zero-order valence-electron chi connectivity index (χ0n) is 21.9. The summed E-state index contributed by atoms with van der Waals surface area (Å²) in [6.45, 7) is 6.16. The molecule has 0 aromatic heterocycles. The van der Waals surface area contributed by atoms with E-state index < -0.39 is 0 Å². The highest BCUT2D eigenvalue weighted by atomic mass is 16.2. The minimum absolute atomic E-state index is 0.254. The van der Waals surface area contributed by atoms with E-state index in [9.17, 15) is 4.79 Å². The first-order valence-corrected chi connectivity index (χ1v) is 14.3. The summed E-state index contributed by atoms with van der Waals surface area (Å²) in [6, 6.07) is 28.9. The van der Waals surface area contributed by atoms with Crippen LogP contribution in [0.25, 0.3) is 0 Å². The average molecular weight is 494 g/mol. The SMILES string of the molecule is O=C1c2ccc(N3CCN(CCC(c4ccccc4)c4ccccc4)CC3)cc2CN1C1CCCCC1. The van der Waals surface area contributed by atoms with Gasteiger partial charge in [0.25, 0.3) is 5.91 Å². The van der Waals surface area contributed by atoms with E-state index in [0.717, 1.165) is 51.3 Å². The molecule has 37 heavy (non-hydrogen) atoms. The molecule has 2 aliphatic heterocycles. The normalized spacial score (nSPS) is 19.0. The Balaban J connectivity index is 1.06. The van der Waals surface area contributed by atoms with Crippen LogP contribution < -0.4 is 4.90 Å². The van der Waals surface area contributed by atoms with Crippen molar-refractivity contribution in [2.45, 2.75) is 57.0 Å². The van der Waals surface area contributed by atoms with Gasteiger partial charge in [0, 0.05) is 55.9 Å². The lowest BCUT2D eigenvalue weighted by atomic mass is 9.88. The molecule has 1 saturated heterocycles. The summed E-state index contributed by atoms with van der Waals surface area (Å²) in [5.74, 6) is 0.687. The van der Waals surface area contributed by atoms with Gasteiger partial charge in [0.2, 0.25) is 0 Å². The van der Waals surface area contributed by atoms with Gasteiger partial charge in [0.15, 0.2) is 0 Å². The maximum atomic E-state index is 13.1. The van der Waals surface area contributed by atoms with Gasteiger partial charge in [-0.3, -0.25) is 9.69 Å². The molecule has 4 nitrogen and oxygen atoms in total. The quantitative estimate of drug-likeness (QED) is 0.385. The van der Waals surface area contributed by atoms with Crippen molar-refractivity contribution in [1.82, 2.24) is 9.80 Å². The van der Waals surface area contributed by atoms with E-state index in [1.165, 1.54) is 54.5 Å². The Bertz CT molecular complexity index is 1140. The molecule has 1 amide bonds. The molecule has 0 spiro atoms. The molecular weight excluding hydrogens is 454 g/mol. The van der Waals surface area contributed by atoms with Crippen LogP contribution in [0, 0.1) is 0 Å². The van der Waals surface area contributed by atoms with Gasteiger partial charge in [0.1, 0.15) is 0 Å². The summed E-state index contributed by atoms with van der Waals surface area (Å²) in [7, 11) is 0. The molecule has 1 saturated carbocycles. The van der Waals surface area contributed by atoms with Crippen molar-refractivity contribution < 1.29 is 4.79 Å². The summed E-state index contributed by atoms with van der Waals surface area (Å²) in [5, 5.41) is 0. The fourth-order valence-corrected chi connectivity index (χ4v) is 6.65. The molecule has 3 aromatic rings. The number of rotatable bonds is 7. The summed E-state index contributed by atoms with van der Waals surface area (Å²) in [6.07, 6.45) is 7.32. The third-order valence-corrected chi connectivity index (χ3v) is 8.81. The topological polar surface area (TPSA) is 26.8 Å². The molecule has 1 aliphatic carbocycles. The first-order valence-electron chi connectivity index (χ1n) is 14.3. The number of fused-ring (bicyclic) bond motifs is 1. The van der Waals surface area contributed by atoms with Crippen molar-refractivity contribution in [1.29, 1.82) is 0 Å². The summed E-state index contributed by atoms with van der Waals surface area (Å²) in [4.78, 5) is 20.4. The van der Waals surface area contributed by atoms with Gasteiger partial charge in [-0.15, -0.1) is 0 Å². The van der Waals surface area contributed by atoms with E-state index in [2.05, 4.69) is 93.6 Å². The van der Waals surface area contributed by atoms with Crippen LogP contribution in [0.2, 0.25) is 0 Å². The largest absolute Gasteiger partial charge is 0.369 e. The Hall–Kier alpha value is -3.11. The lowest BCUT2D eigenvalue weighted by Crippen LogP contribution is -2.46. The average Bonchev–Trinajstić information content (AvgIpc) is 3.30. The molecule has 2 heterocycles. The van der Waals surface area contributed by atoms with Crippen LogP contribution in [-0.2, 0) is 6.54 Å². The number of hydrogen-bond acceptors (Lipinski definition) is 3. The lowest BCUT2D eigenvalue weighted by molar-refractivity contribution is 0.0660. The molecule has 0 radical (unpaired) electrons. The van der Waals surface area contributed by atoms with E-state index in [0.29, 0.717) is 12.0 Å². The second-order valence-corrected chi connectivity index (χ2v) is 11.1. The van der Waals surface area contributed by atoms with E-state index in [1.54, 1.807) is 0 Å². The fraction of sp³-hybridized carbons (Fsp3) is 0.424. The fourth-order valence-electron chi connectivity index (χ4n) is 6.65. The number of hydrogen-bond donors (Lipinski definition) is 0. The van der Waals surface area contributed by atoms with Crippen LogP contribution in [-0.4, -0.2) is 54.5 Å². The highest BCUT2D eigenvalue weighted by Crippen LogP contribution is 2.33. The number of carbonyl (C=O) groups excluding carboxylic acids is 1. The van der Waals surface area contributed by atoms with E-state index in [1.807, 2.05) is 0 Å². The highest BCUT2D eigenvalue weighted by molar-refractivity contribution is 5.99. The van der Waals surface area contributed by atoms with Crippen molar-refractivity contribution in [2.75, 3.05) is 37.6 Å². The van der Waals surface area contributed by atoms with Gasteiger partial charge >= 0.3 is 0 Å². The van der Waals surface area contributed by atoms with Crippen molar-refractivity contribution in [3.05, 3.63) is 101 Å². The Morgan fingerprint density at radius 2 is 1.41 bits per heavy atom. The van der Waals surface area contributed by atoms with Crippen molar-refractivity contribution in [2.24, 2.45) is 0 Å². The van der Waals surface area contributed by atoms with E-state index >= 15 is 0 Å². The summed E-state index contributed by atoms with van der Waals surface area (Å²) < 4.78 is 0. The minimum atomic E-state index is 0.254. The van der Waals surface area contributed by atoms with Crippen LogP contribution in [0.5, 0.6) is 0 Å². The number of benzene rings is 3. The van der Waals surface area contributed by atoms with Crippen molar-refractivity contribution >= 4 is 11.6 Å². The Morgan fingerprint density at radius 1 is 0.757 bits per heavy atom. The number of carbonyl (C=O) groups is 1. The van der Waals surface area contributed by atoms with Crippen molar-refractivity contribution in [3.8, 4) is 0 Å². The number of anilines is 1. The molecule has 0 N–H and O–H groups in total. The molecule has 3 aliphatic rings. The van der Waals surface area contributed by atoms with Gasteiger partial charge in [-0.2, -0.15) is 0 Å². The number of piperazine rings is 1. The van der Waals surface area contributed by atoms with Gasteiger partial charge in [-0.05, 0) is 60.7 Å². The first-order chi connectivity index (χ1) is 18.3. The first kappa shape index (κ1) is 24.2. The van der Waals surface area contributed by atoms with Crippen LogP contribution in [0.4, 0.5) is 5.69 Å². The third-order valence-electron chi connectivity index (χ3n) is 8.81. The van der Waals surface area contributed by atoms with Crippen molar-refractivity contribution in [3.63, 3.8) is 0 Å². The third kappa shape index (κ3) is 5.31. The van der Waals surface area contributed by atoms with Gasteiger partial charge in [-0.25, -0.2) is 0 Å². The molecule has 6 rings (SSSR count). The van der Waals surface area contributed by atoms with Gasteiger partial charge in [0.05, 0.1) is 0 Å². The van der Waals surface area contributed by atoms with Gasteiger partial charge in [-0.1, -0.05) is 79.9 Å². The standard InChI is InChI=1S/C33H39N3O/c37-33-32-17-16-30(24-28(32)25-36(33)29-14-8-3-9-15-29)35-22-20-34(21-23-35)19-18-31(26-10-4-1-5-11-26)27-12-6-2-7-13-27/h1-2,4-7,10-13,16-17,24,29,31H,3,8-9,14-15,18-23,25H2. The lowest BCUT2D eigenvalue weighted by Gasteiger charge is -2.37. The van der Waals surface area contributed by atoms with Crippen LogP contribution in [0.1, 0.15) is 71.5 Å². The minimum Gasteiger partial charge on any atom is -0.369 e. The zero-order valence-corrected chi connectivity index (χ0v) is 21.9. The zero-order chi connectivity index (χ0) is 25.0. The number of nitrogens with zero attached hydrogens (tertiary/aromatic N) is 3. The van der Waals surface area contributed by atoms with Gasteiger partial charge < -0.3 is 9.80 Å². The van der Waals surface area contributed by atoms with Crippen LogP contribution in [0.3, 0.4) is 0 Å². The molecule has 192 valence electrons.